The average molecular weight is 353 g/mol. The first kappa shape index (κ1) is 18.0. The van der Waals surface area contributed by atoms with Crippen LogP contribution in [0.5, 0.6) is 0 Å². The van der Waals surface area contributed by atoms with E-state index in [1.54, 1.807) is 12.4 Å². The lowest BCUT2D eigenvalue weighted by atomic mass is 9.95. The van der Waals surface area contributed by atoms with Crippen molar-refractivity contribution in [3.8, 4) is 0 Å². The number of nitrogens with zero attached hydrogens (tertiary/aromatic N) is 2. The largest absolute Gasteiger partial charge is 0.396 e. The third-order valence-corrected chi connectivity index (χ3v) is 4.28. The highest BCUT2D eigenvalue weighted by molar-refractivity contribution is 6.04. The second-order valence-electron chi connectivity index (χ2n) is 7.09. The molecule has 0 radical (unpaired) electrons. The van der Waals surface area contributed by atoms with Crippen LogP contribution < -0.4 is 11.1 Å². The summed E-state index contributed by atoms with van der Waals surface area (Å²) in [6.07, 6.45) is 3.21. The van der Waals surface area contributed by atoms with Crippen LogP contribution in [0.1, 0.15) is 41.5 Å². The predicted molar refractivity (Wildman–Crippen MR) is 99.6 cm³/mol. The molecule has 0 saturated heterocycles. The normalized spacial score (nSPS) is 12.9. The zero-order valence-corrected chi connectivity index (χ0v) is 14.9. The van der Waals surface area contributed by atoms with Gasteiger partial charge in [-0.3, -0.25) is 4.79 Å². The van der Waals surface area contributed by atoms with Gasteiger partial charge in [0.25, 0.3) is 5.91 Å². The van der Waals surface area contributed by atoms with Gasteiger partial charge in [-0.05, 0) is 5.56 Å². The molecule has 3 rings (SSSR count). The van der Waals surface area contributed by atoms with Gasteiger partial charge in [-0.1, -0.05) is 44.2 Å². The summed E-state index contributed by atoms with van der Waals surface area (Å²) in [5.74, 6) is -0.266. The first-order valence-electron chi connectivity index (χ1n) is 8.45. The highest BCUT2D eigenvalue weighted by atomic mass is 16.3. The van der Waals surface area contributed by atoms with Crippen LogP contribution in [0.15, 0.2) is 42.7 Å². The Kier molecular flexibility index (Phi) is 5.01. The van der Waals surface area contributed by atoms with E-state index in [9.17, 15) is 9.90 Å². The van der Waals surface area contributed by atoms with Crippen molar-refractivity contribution in [3.05, 3.63) is 59.5 Å². The molecule has 0 bridgehead atoms. The monoisotopic (exact) mass is 353 g/mol. The minimum Gasteiger partial charge on any atom is -0.396 e. The first-order valence-corrected chi connectivity index (χ1v) is 8.45. The summed E-state index contributed by atoms with van der Waals surface area (Å²) in [6, 6.07) is 9.19. The third-order valence-electron chi connectivity index (χ3n) is 4.28. The van der Waals surface area contributed by atoms with Crippen LogP contribution in [0.4, 0.5) is 0 Å². The third kappa shape index (κ3) is 3.74. The standard InChI is InChI=1S/C19H23N5O2/c1-19(2,11-25)10-23-18(26)13-8-21-17-16(13)24-14(9-22-17)15(20)12-6-4-3-5-7-12/h3-9,15,25H,10-11,20H2,1-2H3,(H,21,22)(H,23,26). The summed E-state index contributed by atoms with van der Waals surface area (Å²) in [7, 11) is 0. The fourth-order valence-electron chi connectivity index (χ4n) is 2.53. The SMILES string of the molecule is CC(C)(CO)CNC(=O)c1c[nH]c2ncc(C(N)c3ccccc3)nc12. The van der Waals surface area contributed by atoms with E-state index < -0.39 is 11.5 Å². The summed E-state index contributed by atoms with van der Waals surface area (Å²) in [5, 5.41) is 12.2. The molecule has 0 saturated carbocycles. The number of hydrogen-bond acceptors (Lipinski definition) is 5. The number of aromatic nitrogens is 3. The van der Waals surface area contributed by atoms with Gasteiger partial charge in [-0.15, -0.1) is 0 Å². The van der Waals surface area contributed by atoms with E-state index in [1.165, 1.54) is 0 Å². The van der Waals surface area contributed by atoms with Crippen molar-refractivity contribution < 1.29 is 9.90 Å². The summed E-state index contributed by atoms with van der Waals surface area (Å²) < 4.78 is 0. The number of fused-ring (bicyclic) bond motifs is 1. The molecular formula is C19H23N5O2. The Morgan fingerprint density at radius 1 is 1.35 bits per heavy atom. The molecule has 26 heavy (non-hydrogen) atoms. The fourth-order valence-corrected chi connectivity index (χ4v) is 2.53. The molecule has 2 aromatic heterocycles. The number of amides is 1. The van der Waals surface area contributed by atoms with Crippen LogP contribution in [0.3, 0.4) is 0 Å². The number of benzene rings is 1. The zero-order valence-electron chi connectivity index (χ0n) is 14.9. The maximum Gasteiger partial charge on any atom is 0.255 e. The van der Waals surface area contributed by atoms with Crippen molar-refractivity contribution in [2.75, 3.05) is 13.2 Å². The molecular weight excluding hydrogens is 330 g/mol. The van der Waals surface area contributed by atoms with E-state index in [1.807, 2.05) is 44.2 Å². The second-order valence-corrected chi connectivity index (χ2v) is 7.09. The van der Waals surface area contributed by atoms with E-state index in [0.29, 0.717) is 29.0 Å². The zero-order chi connectivity index (χ0) is 18.7. The number of aliphatic hydroxyl groups is 1. The maximum absolute atomic E-state index is 12.5. The molecule has 1 amide bonds. The number of H-pyrrole nitrogens is 1. The fraction of sp³-hybridized carbons (Fsp3) is 0.316. The van der Waals surface area contributed by atoms with Gasteiger partial charge in [0.2, 0.25) is 0 Å². The molecule has 0 spiro atoms. The highest BCUT2D eigenvalue weighted by Crippen LogP contribution is 2.21. The number of nitrogens with two attached hydrogens (primary N) is 1. The quantitative estimate of drug-likeness (QED) is 0.539. The van der Waals surface area contributed by atoms with E-state index in [4.69, 9.17) is 5.73 Å². The predicted octanol–water partition coefficient (Wildman–Crippen LogP) is 1.75. The van der Waals surface area contributed by atoms with Gasteiger partial charge in [0.1, 0.15) is 5.52 Å². The van der Waals surface area contributed by atoms with Crippen molar-refractivity contribution >= 4 is 17.1 Å². The van der Waals surface area contributed by atoms with Gasteiger partial charge in [0.05, 0.1) is 23.5 Å². The Bertz CT molecular complexity index is 905. The molecule has 7 heteroatoms. The van der Waals surface area contributed by atoms with E-state index in [2.05, 4.69) is 20.3 Å². The molecule has 136 valence electrons. The van der Waals surface area contributed by atoms with E-state index in [-0.39, 0.29) is 12.5 Å². The van der Waals surface area contributed by atoms with Gasteiger partial charge in [-0.2, -0.15) is 0 Å². The lowest BCUT2D eigenvalue weighted by Crippen LogP contribution is -2.36. The Balaban J connectivity index is 1.87. The van der Waals surface area contributed by atoms with Gasteiger partial charge in [-0.25, -0.2) is 9.97 Å². The summed E-state index contributed by atoms with van der Waals surface area (Å²) in [5.41, 5.74) is 8.83. The molecule has 0 fully saturated rings. The van der Waals surface area contributed by atoms with Crippen molar-refractivity contribution in [3.63, 3.8) is 0 Å². The number of carbonyl (C=O) groups excluding carboxylic acids is 1. The molecule has 2 heterocycles. The van der Waals surface area contributed by atoms with Gasteiger partial charge >= 0.3 is 0 Å². The van der Waals surface area contributed by atoms with Crippen LogP contribution in [-0.2, 0) is 0 Å². The summed E-state index contributed by atoms with van der Waals surface area (Å²) in [4.78, 5) is 24.4. The van der Waals surface area contributed by atoms with Gasteiger partial charge in [0, 0.05) is 24.8 Å². The van der Waals surface area contributed by atoms with Crippen molar-refractivity contribution in [2.24, 2.45) is 11.1 Å². The molecule has 1 atom stereocenters. The second kappa shape index (κ2) is 7.23. The van der Waals surface area contributed by atoms with Crippen LogP contribution in [-0.4, -0.2) is 39.1 Å². The first-order chi connectivity index (χ1) is 12.4. The number of rotatable bonds is 6. The van der Waals surface area contributed by atoms with Crippen molar-refractivity contribution in [1.82, 2.24) is 20.3 Å². The van der Waals surface area contributed by atoms with Crippen molar-refractivity contribution in [1.29, 1.82) is 0 Å². The molecule has 0 aliphatic carbocycles. The summed E-state index contributed by atoms with van der Waals surface area (Å²) >= 11 is 0. The van der Waals surface area contributed by atoms with Gasteiger partial charge < -0.3 is 21.1 Å². The summed E-state index contributed by atoms with van der Waals surface area (Å²) in [6.45, 7) is 4.08. The minimum atomic E-state index is -0.424. The molecule has 5 N–H and O–H groups in total. The molecule has 1 aromatic carbocycles. The van der Waals surface area contributed by atoms with Gasteiger partial charge in [0.15, 0.2) is 5.65 Å². The van der Waals surface area contributed by atoms with Crippen LogP contribution in [0, 0.1) is 5.41 Å². The lowest BCUT2D eigenvalue weighted by Gasteiger charge is -2.21. The Morgan fingerprint density at radius 3 is 2.77 bits per heavy atom. The van der Waals surface area contributed by atoms with E-state index >= 15 is 0 Å². The molecule has 0 aliphatic rings. The van der Waals surface area contributed by atoms with Crippen molar-refractivity contribution in [2.45, 2.75) is 19.9 Å². The number of nitrogens with one attached hydrogen (secondary N) is 2. The average Bonchev–Trinajstić information content (AvgIpc) is 3.09. The maximum atomic E-state index is 12.5. The van der Waals surface area contributed by atoms with Crippen LogP contribution >= 0.6 is 0 Å². The number of carbonyl (C=O) groups is 1. The molecule has 0 aliphatic heterocycles. The lowest BCUT2D eigenvalue weighted by molar-refractivity contribution is 0.0912. The smallest absolute Gasteiger partial charge is 0.255 e. The number of hydrogen-bond donors (Lipinski definition) is 4. The number of aromatic amines is 1. The Hall–Kier alpha value is -2.77. The van der Waals surface area contributed by atoms with E-state index in [0.717, 1.165) is 5.56 Å². The Morgan fingerprint density at radius 2 is 2.08 bits per heavy atom. The Labute approximate surface area is 151 Å². The van der Waals surface area contributed by atoms with Crippen LogP contribution in [0.2, 0.25) is 0 Å². The highest BCUT2D eigenvalue weighted by Gasteiger charge is 2.21. The number of aliphatic hydroxyl groups excluding tert-OH is 1. The molecule has 1 unspecified atom stereocenters. The minimum absolute atomic E-state index is 0.0168. The van der Waals surface area contributed by atoms with Crippen LogP contribution in [0.25, 0.3) is 11.2 Å². The molecule has 7 nitrogen and oxygen atoms in total. The topological polar surface area (TPSA) is 117 Å². The molecule has 3 aromatic rings.